The highest BCUT2D eigenvalue weighted by atomic mass is 19.4. The topological polar surface area (TPSA) is 110 Å². The van der Waals surface area contributed by atoms with E-state index in [9.17, 15) is 32.3 Å². The van der Waals surface area contributed by atoms with E-state index in [1.165, 1.54) is 23.5 Å². The van der Waals surface area contributed by atoms with E-state index in [-0.39, 0.29) is 10.8 Å². The fourth-order valence-corrected chi connectivity index (χ4v) is 1.93. The Bertz CT molecular complexity index is 916. The van der Waals surface area contributed by atoms with Gasteiger partial charge in [-0.05, 0) is 12.1 Å². The van der Waals surface area contributed by atoms with Crippen molar-refractivity contribution in [1.29, 1.82) is 0 Å². The normalized spacial score (nSPS) is 11.3. The van der Waals surface area contributed by atoms with E-state index in [2.05, 4.69) is 9.84 Å². The average Bonchev–Trinajstić information content (AvgIpc) is 2.55. The Hall–Kier alpha value is -3.11. The van der Waals surface area contributed by atoms with E-state index in [4.69, 9.17) is 0 Å². The number of carbonyl (C=O) groups excluding carboxylic acids is 2. The van der Waals surface area contributed by atoms with E-state index in [0.717, 1.165) is 0 Å². The molecule has 8 nitrogen and oxygen atoms in total. The summed E-state index contributed by atoms with van der Waals surface area (Å²) in [5.41, 5.74) is -1.26. The lowest BCUT2D eigenvalue weighted by Crippen LogP contribution is -2.37. The summed E-state index contributed by atoms with van der Waals surface area (Å²) >= 11 is 0. The van der Waals surface area contributed by atoms with Gasteiger partial charge in [0.05, 0.1) is 10.8 Å². The van der Waals surface area contributed by atoms with Crippen molar-refractivity contribution >= 4 is 22.6 Å². The largest absolute Gasteiger partial charge is 0.454 e. The van der Waals surface area contributed by atoms with Gasteiger partial charge in [-0.1, -0.05) is 12.1 Å². The number of amides is 1. The number of alkyl halides is 3. The molecule has 1 amide bonds. The lowest BCUT2D eigenvalue weighted by molar-refractivity contribution is -0.152. The van der Waals surface area contributed by atoms with Crippen molar-refractivity contribution in [2.24, 2.45) is 0 Å². The highest BCUT2D eigenvalue weighted by molar-refractivity contribution is 5.81. The minimum atomic E-state index is -4.59. The minimum Gasteiger partial charge on any atom is -0.454 e. The number of aromatic nitrogens is 2. The molecule has 0 saturated carbocycles. The molecule has 2 N–H and O–H groups in total. The summed E-state index contributed by atoms with van der Waals surface area (Å²) in [6.07, 6.45) is -4.59. The molecule has 25 heavy (non-hydrogen) atoms. The van der Waals surface area contributed by atoms with Gasteiger partial charge in [-0.2, -0.15) is 13.2 Å². The van der Waals surface area contributed by atoms with Crippen LogP contribution < -0.4 is 16.4 Å². The molecule has 2 aromatic rings. The molecule has 0 radical (unpaired) electrons. The second-order valence-electron chi connectivity index (χ2n) is 4.93. The first-order chi connectivity index (χ1) is 11.7. The van der Waals surface area contributed by atoms with Gasteiger partial charge in [-0.15, -0.1) is 0 Å². The second kappa shape index (κ2) is 7.20. The summed E-state index contributed by atoms with van der Waals surface area (Å²) in [6, 6.07) is 5.94. The molecular weight excluding hydrogens is 347 g/mol. The third-order valence-electron chi connectivity index (χ3n) is 3.02. The average molecular weight is 359 g/mol. The molecule has 1 aromatic carbocycles. The molecule has 134 valence electrons. The quantitative estimate of drug-likeness (QED) is 0.725. The molecule has 0 aliphatic rings. The maximum atomic E-state index is 12.1. The van der Waals surface area contributed by atoms with Crippen LogP contribution in [0.15, 0.2) is 33.9 Å². The highest BCUT2D eigenvalue weighted by Gasteiger charge is 2.27. The summed E-state index contributed by atoms with van der Waals surface area (Å²) in [4.78, 5) is 46.7. The number of fused-ring (bicyclic) bond motifs is 1. The van der Waals surface area contributed by atoms with E-state index in [1.807, 2.05) is 0 Å². The monoisotopic (exact) mass is 359 g/mol. The maximum absolute atomic E-state index is 12.1. The van der Waals surface area contributed by atoms with Crippen molar-refractivity contribution in [3.05, 3.63) is 45.0 Å². The molecule has 0 atom stereocenters. The molecule has 0 fully saturated rings. The summed E-state index contributed by atoms with van der Waals surface area (Å²) in [5, 5.41) is 3.93. The molecule has 0 aliphatic carbocycles. The number of hydrogen-bond acceptors (Lipinski definition) is 5. The van der Waals surface area contributed by atoms with Crippen LogP contribution >= 0.6 is 0 Å². The molecule has 0 unspecified atom stereocenters. The van der Waals surface area contributed by atoms with Crippen LogP contribution in [0, 0.1) is 0 Å². The Morgan fingerprint density at radius 1 is 1.16 bits per heavy atom. The van der Waals surface area contributed by atoms with E-state index >= 15 is 0 Å². The van der Waals surface area contributed by atoms with E-state index in [0.29, 0.717) is 4.68 Å². The molecule has 11 heteroatoms. The molecule has 2 rings (SSSR count). The first-order valence-electron chi connectivity index (χ1n) is 6.88. The Morgan fingerprint density at radius 3 is 2.44 bits per heavy atom. The fourth-order valence-electron chi connectivity index (χ4n) is 1.93. The van der Waals surface area contributed by atoms with Crippen LogP contribution in [0.3, 0.4) is 0 Å². The van der Waals surface area contributed by atoms with Crippen molar-refractivity contribution in [2.75, 3.05) is 13.2 Å². The zero-order chi connectivity index (χ0) is 18.6. The predicted octanol–water partition coefficient (Wildman–Crippen LogP) is -0.0885. The Balaban J connectivity index is 2.01. The van der Waals surface area contributed by atoms with Crippen molar-refractivity contribution < 1.29 is 27.5 Å². The van der Waals surface area contributed by atoms with Crippen LogP contribution in [0.2, 0.25) is 0 Å². The predicted molar refractivity (Wildman–Crippen MR) is 78.9 cm³/mol. The summed E-state index contributed by atoms with van der Waals surface area (Å²) in [5.74, 6) is -2.22. The van der Waals surface area contributed by atoms with E-state index in [1.54, 1.807) is 6.07 Å². The maximum Gasteiger partial charge on any atom is 0.405 e. The number of ether oxygens (including phenoxy) is 1. The number of hydrogen-bond donors (Lipinski definition) is 2. The van der Waals surface area contributed by atoms with Gasteiger partial charge in [0.15, 0.2) is 6.61 Å². The molecule has 0 bridgehead atoms. The molecule has 1 aromatic heterocycles. The van der Waals surface area contributed by atoms with Crippen molar-refractivity contribution in [2.45, 2.75) is 12.7 Å². The van der Waals surface area contributed by atoms with Gasteiger partial charge < -0.3 is 10.1 Å². The number of nitrogens with one attached hydrogen (secondary N) is 2. The van der Waals surface area contributed by atoms with Gasteiger partial charge in [-0.25, -0.2) is 4.68 Å². The number of esters is 1. The lowest BCUT2D eigenvalue weighted by Gasteiger charge is -2.09. The molecule has 0 spiro atoms. The number of benzene rings is 1. The van der Waals surface area contributed by atoms with Crippen molar-refractivity contribution in [1.82, 2.24) is 15.1 Å². The van der Waals surface area contributed by atoms with Gasteiger partial charge in [0.2, 0.25) is 0 Å². The van der Waals surface area contributed by atoms with Crippen LogP contribution in [0.1, 0.15) is 0 Å². The molecule has 0 saturated heterocycles. The number of carbonyl (C=O) groups is 2. The number of halogens is 3. The van der Waals surface area contributed by atoms with Crippen LogP contribution in [0.5, 0.6) is 0 Å². The smallest absolute Gasteiger partial charge is 0.405 e. The van der Waals surface area contributed by atoms with Crippen molar-refractivity contribution in [3.63, 3.8) is 0 Å². The van der Waals surface area contributed by atoms with Gasteiger partial charge in [0.25, 0.3) is 17.0 Å². The van der Waals surface area contributed by atoms with Crippen molar-refractivity contribution in [3.8, 4) is 0 Å². The van der Waals surface area contributed by atoms with Gasteiger partial charge >= 0.3 is 12.1 Å². The number of aromatic amines is 1. The SMILES string of the molecule is O=C(COC(=O)Cn1[nH]c(=O)c2ccccc2c1=O)NCC(F)(F)F. The highest BCUT2D eigenvalue weighted by Crippen LogP contribution is 2.11. The van der Waals surface area contributed by atoms with Gasteiger partial charge in [-0.3, -0.25) is 24.3 Å². The second-order valence-corrected chi connectivity index (χ2v) is 4.93. The number of H-pyrrole nitrogens is 1. The molecule has 0 aliphatic heterocycles. The third-order valence-corrected chi connectivity index (χ3v) is 3.02. The number of rotatable bonds is 5. The zero-order valence-corrected chi connectivity index (χ0v) is 12.6. The standard InChI is InChI=1S/C14H12F3N3O5/c15-14(16,17)7-18-10(21)6-25-11(22)5-20-13(24)9-4-2-1-3-8(9)12(23)19-20/h1-4H,5-7H2,(H,18,21)(H,19,23). The van der Waals surface area contributed by atoms with Crippen LogP contribution in [-0.2, 0) is 20.9 Å². The van der Waals surface area contributed by atoms with Gasteiger partial charge in [0.1, 0.15) is 13.1 Å². The lowest BCUT2D eigenvalue weighted by atomic mass is 10.2. The van der Waals surface area contributed by atoms with E-state index < -0.39 is 48.9 Å². The zero-order valence-electron chi connectivity index (χ0n) is 12.6. The Morgan fingerprint density at radius 2 is 1.80 bits per heavy atom. The minimum absolute atomic E-state index is 0.0852. The third kappa shape index (κ3) is 4.93. The Kier molecular flexibility index (Phi) is 5.25. The first kappa shape index (κ1) is 18.2. The number of nitrogens with zero attached hydrogens (tertiary/aromatic N) is 1. The molecular formula is C14H12F3N3O5. The summed E-state index contributed by atoms with van der Waals surface area (Å²) < 4.78 is 40.9. The van der Waals surface area contributed by atoms with Gasteiger partial charge in [0, 0.05) is 0 Å². The Labute approximate surface area is 137 Å². The summed E-state index contributed by atoms with van der Waals surface area (Å²) in [7, 11) is 0. The van der Waals surface area contributed by atoms with Crippen LogP contribution in [-0.4, -0.2) is 41.0 Å². The van der Waals surface area contributed by atoms with Crippen LogP contribution in [0.25, 0.3) is 10.8 Å². The fraction of sp³-hybridized carbons (Fsp3) is 0.286. The first-order valence-corrected chi connectivity index (χ1v) is 6.88. The molecule has 1 heterocycles. The summed E-state index contributed by atoms with van der Waals surface area (Å²) in [6.45, 7) is -3.20. The van der Waals surface area contributed by atoms with Crippen LogP contribution in [0.4, 0.5) is 13.2 Å².